The van der Waals surface area contributed by atoms with Gasteiger partial charge in [0.2, 0.25) is 5.91 Å². The molecule has 80 valence electrons. The quantitative estimate of drug-likeness (QED) is 0.799. The number of fused-ring (bicyclic) bond motifs is 1. The third-order valence-corrected chi connectivity index (χ3v) is 2.80. The molecule has 0 aliphatic carbocycles. The maximum Gasteiger partial charge on any atom is 0.227 e. The van der Waals surface area contributed by atoms with Crippen molar-refractivity contribution in [1.82, 2.24) is 0 Å². The van der Waals surface area contributed by atoms with E-state index in [1.54, 1.807) is 4.90 Å². The lowest BCUT2D eigenvalue weighted by atomic mass is 10.0. The predicted octanol–water partition coefficient (Wildman–Crippen LogP) is 2.03. The SMILES string of the molecule is CCNc1ccc2c(c1)CCC(=O)N2C. The maximum atomic E-state index is 11.5. The molecule has 1 aliphatic rings. The van der Waals surface area contributed by atoms with Crippen LogP contribution in [0.3, 0.4) is 0 Å². The van der Waals surface area contributed by atoms with Crippen molar-refractivity contribution in [2.24, 2.45) is 0 Å². The third-order valence-electron chi connectivity index (χ3n) is 2.80. The Bertz CT molecular complexity index is 387. The standard InChI is InChI=1S/C12H16N2O/c1-3-13-10-5-6-11-9(8-10)4-7-12(15)14(11)2/h5-6,8,13H,3-4,7H2,1-2H3. The second kappa shape index (κ2) is 3.93. The molecule has 2 rings (SSSR count). The minimum atomic E-state index is 0.207. The number of amides is 1. The summed E-state index contributed by atoms with van der Waals surface area (Å²) in [6, 6.07) is 6.18. The van der Waals surface area contributed by atoms with Crippen LogP contribution in [0.4, 0.5) is 11.4 Å². The fraction of sp³-hybridized carbons (Fsp3) is 0.417. The van der Waals surface area contributed by atoms with E-state index in [1.807, 2.05) is 19.2 Å². The summed E-state index contributed by atoms with van der Waals surface area (Å²) in [5.41, 5.74) is 3.45. The number of rotatable bonds is 2. The van der Waals surface area contributed by atoms with Gasteiger partial charge in [-0.25, -0.2) is 0 Å². The number of nitrogens with one attached hydrogen (secondary N) is 1. The first-order chi connectivity index (χ1) is 7.22. The Morgan fingerprint density at radius 3 is 2.93 bits per heavy atom. The average molecular weight is 204 g/mol. The van der Waals surface area contributed by atoms with Crippen molar-refractivity contribution in [2.75, 3.05) is 23.8 Å². The summed E-state index contributed by atoms with van der Waals surface area (Å²) in [5, 5.41) is 3.28. The van der Waals surface area contributed by atoms with Gasteiger partial charge in [0.05, 0.1) is 0 Å². The molecule has 1 amide bonds. The summed E-state index contributed by atoms with van der Waals surface area (Å²) in [6.07, 6.45) is 1.48. The molecule has 3 heteroatoms. The average Bonchev–Trinajstić information content (AvgIpc) is 2.24. The van der Waals surface area contributed by atoms with Crippen LogP contribution in [0.2, 0.25) is 0 Å². The van der Waals surface area contributed by atoms with Crippen LogP contribution < -0.4 is 10.2 Å². The van der Waals surface area contributed by atoms with Crippen molar-refractivity contribution in [2.45, 2.75) is 19.8 Å². The van der Waals surface area contributed by atoms with Gasteiger partial charge in [0.15, 0.2) is 0 Å². The van der Waals surface area contributed by atoms with Gasteiger partial charge in [0, 0.05) is 31.4 Å². The first-order valence-electron chi connectivity index (χ1n) is 5.35. The van der Waals surface area contributed by atoms with Crippen LogP contribution in [-0.2, 0) is 11.2 Å². The molecule has 0 aromatic heterocycles. The molecule has 0 radical (unpaired) electrons. The zero-order valence-corrected chi connectivity index (χ0v) is 9.21. The molecule has 3 nitrogen and oxygen atoms in total. The fourth-order valence-corrected chi connectivity index (χ4v) is 1.97. The first-order valence-corrected chi connectivity index (χ1v) is 5.35. The van der Waals surface area contributed by atoms with Crippen LogP contribution in [0.1, 0.15) is 18.9 Å². The van der Waals surface area contributed by atoms with Crippen LogP contribution in [-0.4, -0.2) is 19.5 Å². The smallest absolute Gasteiger partial charge is 0.227 e. The number of nitrogens with zero attached hydrogens (tertiary/aromatic N) is 1. The molecule has 15 heavy (non-hydrogen) atoms. The molecule has 0 bridgehead atoms. The molecule has 1 heterocycles. The van der Waals surface area contributed by atoms with Crippen molar-refractivity contribution in [1.29, 1.82) is 0 Å². The van der Waals surface area contributed by atoms with Crippen molar-refractivity contribution in [3.63, 3.8) is 0 Å². The van der Waals surface area contributed by atoms with E-state index in [0.717, 1.165) is 24.3 Å². The predicted molar refractivity (Wildman–Crippen MR) is 62.3 cm³/mol. The Labute approximate surface area is 90.1 Å². The molecule has 1 aliphatic heterocycles. The molecule has 0 fully saturated rings. The zero-order valence-electron chi connectivity index (χ0n) is 9.21. The van der Waals surface area contributed by atoms with Crippen LogP contribution in [0.25, 0.3) is 0 Å². The van der Waals surface area contributed by atoms with Gasteiger partial charge in [-0.05, 0) is 37.1 Å². The highest BCUT2D eigenvalue weighted by molar-refractivity contribution is 5.96. The van der Waals surface area contributed by atoms with E-state index in [9.17, 15) is 4.79 Å². The Morgan fingerprint density at radius 2 is 2.20 bits per heavy atom. The highest BCUT2D eigenvalue weighted by Crippen LogP contribution is 2.28. The van der Waals surface area contributed by atoms with Crippen LogP contribution in [0.5, 0.6) is 0 Å². The van der Waals surface area contributed by atoms with Gasteiger partial charge in [-0.2, -0.15) is 0 Å². The van der Waals surface area contributed by atoms with E-state index in [1.165, 1.54) is 5.56 Å². The van der Waals surface area contributed by atoms with Gasteiger partial charge in [0.25, 0.3) is 0 Å². The van der Waals surface area contributed by atoms with Crippen molar-refractivity contribution in [3.8, 4) is 0 Å². The highest BCUT2D eigenvalue weighted by atomic mass is 16.2. The second-order valence-corrected chi connectivity index (χ2v) is 3.83. The topological polar surface area (TPSA) is 32.3 Å². The number of aryl methyl sites for hydroxylation is 1. The van der Waals surface area contributed by atoms with Crippen molar-refractivity contribution in [3.05, 3.63) is 23.8 Å². The minimum Gasteiger partial charge on any atom is -0.385 e. The minimum absolute atomic E-state index is 0.207. The fourth-order valence-electron chi connectivity index (χ4n) is 1.97. The molecule has 0 spiro atoms. The Morgan fingerprint density at radius 1 is 1.40 bits per heavy atom. The number of benzene rings is 1. The lowest BCUT2D eigenvalue weighted by molar-refractivity contribution is -0.118. The second-order valence-electron chi connectivity index (χ2n) is 3.83. The lowest BCUT2D eigenvalue weighted by Gasteiger charge is -2.26. The molecule has 1 aromatic carbocycles. The summed E-state index contributed by atoms with van der Waals surface area (Å²) in [7, 11) is 1.84. The summed E-state index contributed by atoms with van der Waals surface area (Å²) < 4.78 is 0. The van der Waals surface area contributed by atoms with Gasteiger partial charge >= 0.3 is 0 Å². The number of anilines is 2. The first kappa shape index (κ1) is 10.0. The maximum absolute atomic E-state index is 11.5. The molecule has 0 saturated heterocycles. The normalized spacial score (nSPS) is 15.1. The van der Waals surface area contributed by atoms with Crippen LogP contribution in [0, 0.1) is 0 Å². The number of hydrogen-bond donors (Lipinski definition) is 1. The third kappa shape index (κ3) is 1.82. The monoisotopic (exact) mass is 204 g/mol. The van der Waals surface area contributed by atoms with E-state index in [0.29, 0.717) is 6.42 Å². The number of carbonyl (C=O) groups is 1. The molecular weight excluding hydrogens is 188 g/mol. The number of carbonyl (C=O) groups excluding carboxylic acids is 1. The molecular formula is C12H16N2O. The Hall–Kier alpha value is -1.51. The highest BCUT2D eigenvalue weighted by Gasteiger charge is 2.20. The van der Waals surface area contributed by atoms with Crippen LogP contribution in [0.15, 0.2) is 18.2 Å². The zero-order chi connectivity index (χ0) is 10.8. The summed E-state index contributed by atoms with van der Waals surface area (Å²) in [5.74, 6) is 0.207. The van der Waals surface area contributed by atoms with E-state index in [2.05, 4.69) is 18.3 Å². The molecule has 1 aromatic rings. The van der Waals surface area contributed by atoms with E-state index in [-0.39, 0.29) is 5.91 Å². The van der Waals surface area contributed by atoms with Crippen molar-refractivity contribution >= 4 is 17.3 Å². The molecule has 0 saturated carbocycles. The van der Waals surface area contributed by atoms with Crippen molar-refractivity contribution < 1.29 is 4.79 Å². The largest absolute Gasteiger partial charge is 0.385 e. The van der Waals surface area contributed by atoms with E-state index < -0.39 is 0 Å². The number of hydrogen-bond acceptors (Lipinski definition) is 2. The van der Waals surface area contributed by atoms with E-state index >= 15 is 0 Å². The van der Waals surface area contributed by atoms with Crippen LogP contribution >= 0.6 is 0 Å². The Balaban J connectivity index is 2.34. The molecule has 1 N–H and O–H groups in total. The van der Waals surface area contributed by atoms with Gasteiger partial charge in [-0.3, -0.25) is 4.79 Å². The summed E-state index contributed by atoms with van der Waals surface area (Å²) >= 11 is 0. The molecule has 0 unspecified atom stereocenters. The van der Waals surface area contributed by atoms with E-state index in [4.69, 9.17) is 0 Å². The van der Waals surface area contributed by atoms with Gasteiger partial charge < -0.3 is 10.2 Å². The Kier molecular flexibility index (Phi) is 2.62. The summed E-state index contributed by atoms with van der Waals surface area (Å²) in [4.78, 5) is 13.2. The lowest BCUT2D eigenvalue weighted by Crippen LogP contribution is -2.31. The summed E-state index contributed by atoms with van der Waals surface area (Å²) in [6.45, 7) is 3.00. The molecule has 0 atom stereocenters. The van der Waals surface area contributed by atoms with Gasteiger partial charge in [-0.15, -0.1) is 0 Å². The van der Waals surface area contributed by atoms with Gasteiger partial charge in [0.1, 0.15) is 0 Å². The van der Waals surface area contributed by atoms with Gasteiger partial charge in [-0.1, -0.05) is 0 Å².